The molecule has 108 valence electrons. The summed E-state index contributed by atoms with van der Waals surface area (Å²) in [4.78, 5) is 0. The third kappa shape index (κ3) is 6.41. The Labute approximate surface area is 124 Å². The number of hydrogen-bond donors (Lipinski definition) is 1. The van der Waals surface area contributed by atoms with Gasteiger partial charge in [-0.2, -0.15) is 0 Å². The van der Waals surface area contributed by atoms with Crippen LogP contribution in [-0.4, -0.2) is 26.9 Å². The molecule has 0 aromatic heterocycles. The topological polar surface area (TPSA) is 30.5 Å². The number of ether oxygens (including phenoxy) is 2. The summed E-state index contributed by atoms with van der Waals surface area (Å²) in [6.07, 6.45) is 0.900. The molecular formula is C15H24BrNO2. The Morgan fingerprint density at radius 1 is 1.26 bits per heavy atom. The van der Waals surface area contributed by atoms with Crippen LogP contribution in [0.4, 0.5) is 0 Å². The Morgan fingerprint density at radius 3 is 2.74 bits per heavy atom. The van der Waals surface area contributed by atoms with Crippen LogP contribution < -0.4 is 10.1 Å². The zero-order valence-corrected chi connectivity index (χ0v) is 13.6. The van der Waals surface area contributed by atoms with Gasteiger partial charge in [-0.25, -0.2) is 0 Å². The molecule has 0 bridgehead atoms. The van der Waals surface area contributed by atoms with E-state index in [4.69, 9.17) is 9.47 Å². The second kappa shape index (κ2) is 9.34. The van der Waals surface area contributed by atoms with Gasteiger partial charge in [0.15, 0.2) is 0 Å². The van der Waals surface area contributed by atoms with Crippen molar-refractivity contribution in [3.8, 4) is 5.75 Å². The van der Waals surface area contributed by atoms with Gasteiger partial charge in [-0.3, -0.25) is 0 Å². The third-order valence-corrected chi connectivity index (χ3v) is 3.28. The Morgan fingerprint density at radius 2 is 2.05 bits per heavy atom. The first kappa shape index (κ1) is 16.5. The van der Waals surface area contributed by atoms with E-state index in [1.54, 1.807) is 7.11 Å². The van der Waals surface area contributed by atoms with E-state index >= 15 is 0 Å². The number of halogens is 1. The fourth-order valence-electron chi connectivity index (χ4n) is 1.73. The van der Waals surface area contributed by atoms with Gasteiger partial charge in [0.25, 0.3) is 0 Å². The largest absolute Gasteiger partial charge is 0.492 e. The minimum Gasteiger partial charge on any atom is -0.492 e. The van der Waals surface area contributed by atoms with Crippen molar-refractivity contribution >= 4 is 15.9 Å². The number of hydrogen-bond acceptors (Lipinski definition) is 3. The molecule has 1 rings (SSSR count). The van der Waals surface area contributed by atoms with E-state index in [1.807, 2.05) is 12.1 Å². The Bertz CT molecular complexity index is 369. The average molecular weight is 330 g/mol. The van der Waals surface area contributed by atoms with Crippen molar-refractivity contribution in [3.05, 3.63) is 28.2 Å². The molecule has 0 radical (unpaired) electrons. The van der Waals surface area contributed by atoms with Crippen LogP contribution in [0.15, 0.2) is 22.7 Å². The first-order valence-corrected chi connectivity index (χ1v) is 7.54. The average Bonchev–Trinajstić information content (AvgIpc) is 2.36. The zero-order valence-electron chi connectivity index (χ0n) is 12.0. The second-order valence-corrected chi connectivity index (χ2v) is 5.80. The molecule has 0 saturated heterocycles. The van der Waals surface area contributed by atoms with Crippen LogP contribution in [-0.2, 0) is 11.3 Å². The molecule has 1 aromatic rings. The van der Waals surface area contributed by atoms with Gasteiger partial charge in [0.05, 0.1) is 11.1 Å². The first-order valence-electron chi connectivity index (χ1n) is 6.75. The van der Waals surface area contributed by atoms with Gasteiger partial charge < -0.3 is 14.8 Å². The fraction of sp³-hybridized carbons (Fsp3) is 0.600. The van der Waals surface area contributed by atoms with Crippen LogP contribution in [0.1, 0.15) is 25.8 Å². The van der Waals surface area contributed by atoms with E-state index in [2.05, 4.69) is 41.2 Å². The van der Waals surface area contributed by atoms with Gasteiger partial charge in [-0.1, -0.05) is 26.0 Å². The van der Waals surface area contributed by atoms with E-state index in [0.717, 1.165) is 36.3 Å². The van der Waals surface area contributed by atoms with Gasteiger partial charge in [-0.05, 0) is 34.5 Å². The molecule has 0 aliphatic heterocycles. The Balaban J connectivity index is 2.56. The maximum atomic E-state index is 5.86. The van der Waals surface area contributed by atoms with E-state index in [1.165, 1.54) is 5.56 Å². The van der Waals surface area contributed by atoms with Crippen LogP contribution >= 0.6 is 15.9 Å². The maximum absolute atomic E-state index is 5.86. The standard InChI is InChI=1S/C15H24BrNO2/c1-12(2)10-17-11-13-6-4-7-14(16)15(13)19-9-5-8-18-3/h4,6-7,12,17H,5,8-11H2,1-3H3. The monoisotopic (exact) mass is 329 g/mol. The predicted molar refractivity (Wildman–Crippen MR) is 82.7 cm³/mol. The highest BCUT2D eigenvalue weighted by atomic mass is 79.9. The van der Waals surface area contributed by atoms with Crippen LogP contribution in [0.2, 0.25) is 0 Å². The molecular weight excluding hydrogens is 306 g/mol. The lowest BCUT2D eigenvalue weighted by Crippen LogP contribution is -2.19. The fourth-order valence-corrected chi connectivity index (χ4v) is 2.25. The summed E-state index contributed by atoms with van der Waals surface area (Å²) < 4.78 is 11.9. The molecule has 3 nitrogen and oxygen atoms in total. The molecule has 1 N–H and O–H groups in total. The van der Waals surface area contributed by atoms with Crippen molar-refractivity contribution < 1.29 is 9.47 Å². The first-order chi connectivity index (χ1) is 9.15. The van der Waals surface area contributed by atoms with Crippen molar-refractivity contribution in [1.82, 2.24) is 5.32 Å². The van der Waals surface area contributed by atoms with Gasteiger partial charge in [0.2, 0.25) is 0 Å². The van der Waals surface area contributed by atoms with Gasteiger partial charge in [0.1, 0.15) is 5.75 Å². The number of para-hydroxylation sites is 1. The molecule has 0 atom stereocenters. The lowest BCUT2D eigenvalue weighted by molar-refractivity contribution is 0.171. The quantitative estimate of drug-likeness (QED) is 0.702. The van der Waals surface area contributed by atoms with Crippen molar-refractivity contribution in [1.29, 1.82) is 0 Å². The lowest BCUT2D eigenvalue weighted by atomic mass is 10.2. The minimum atomic E-state index is 0.651. The summed E-state index contributed by atoms with van der Waals surface area (Å²) in [6, 6.07) is 6.15. The molecule has 0 spiro atoms. The molecule has 19 heavy (non-hydrogen) atoms. The molecule has 0 heterocycles. The molecule has 0 unspecified atom stereocenters. The molecule has 4 heteroatoms. The molecule has 0 saturated carbocycles. The maximum Gasteiger partial charge on any atom is 0.137 e. The number of methoxy groups -OCH3 is 1. The van der Waals surface area contributed by atoms with E-state index < -0.39 is 0 Å². The summed E-state index contributed by atoms with van der Waals surface area (Å²) in [5.41, 5.74) is 1.19. The minimum absolute atomic E-state index is 0.651. The van der Waals surface area contributed by atoms with E-state index in [0.29, 0.717) is 12.5 Å². The molecule has 0 amide bonds. The van der Waals surface area contributed by atoms with Crippen LogP contribution in [0.3, 0.4) is 0 Å². The predicted octanol–water partition coefficient (Wildman–Crippen LogP) is 3.61. The molecule has 0 aliphatic rings. The number of benzene rings is 1. The van der Waals surface area contributed by atoms with Crippen LogP contribution in [0.25, 0.3) is 0 Å². The number of nitrogens with one attached hydrogen (secondary N) is 1. The normalized spacial score (nSPS) is 11.0. The van der Waals surface area contributed by atoms with Gasteiger partial charge in [-0.15, -0.1) is 0 Å². The lowest BCUT2D eigenvalue weighted by Gasteiger charge is -2.14. The Kier molecular flexibility index (Phi) is 8.10. The summed E-state index contributed by atoms with van der Waals surface area (Å²) in [5, 5.41) is 3.44. The second-order valence-electron chi connectivity index (χ2n) is 4.95. The molecule has 0 aliphatic carbocycles. The molecule has 0 fully saturated rings. The summed E-state index contributed by atoms with van der Waals surface area (Å²) in [6.45, 7) is 7.65. The smallest absolute Gasteiger partial charge is 0.137 e. The van der Waals surface area contributed by atoms with Gasteiger partial charge in [0, 0.05) is 32.2 Å². The third-order valence-electron chi connectivity index (χ3n) is 2.66. The van der Waals surface area contributed by atoms with Crippen molar-refractivity contribution in [2.24, 2.45) is 5.92 Å². The number of rotatable bonds is 9. The van der Waals surface area contributed by atoms with Crippen LogP contribution in [0, 0.1) is 5.92 Å². The SMILES string of the molecule is COCCCOc1c(Br)cccc1CNCC(C)C. The zero-order chi connectivity index (χ0) is 14.1. The molecule has 1 aromatic carbocycles. The summed E-state index contributed by atoms with van der Waals surface area (Å²) in [7, 11) is 1.71. The van der Waals surface area contributed by atoms with Crippen molar-refractivity contribution in [3.63, 3.8) is 0 Å². The Hall–Kier alpha value is -0.580. The van der Waals surface area contributed by atoms with Crippen molar-refractivity contribution in [2.45, 2.75) is 26.8 Å². The highest BCUT2D eigenvalue weighted by Crippen LogP contribution is 2.29. The van der Waals surface area contributed by atoms with E-state index in [-0.39, 0.29) is 0 Å². The van der Waals surface area contributed by atoms with Crippen molar-refractivity contribution in [2.75, 3.05) is 26.9 Å². The highest BCUT2D eigenvalue weighted by Gasteiger charge is 2.08. The summed E-state index contributed by atoms with van der Waals surface area (Å²) >= 11 is 3.55. The van der Waals surface area contributed by atoms with E-state index in [9.17, 15) is 0 Å². The highest BCUT2D eigenvalue weighted by molar-refractivity contribution is 9.10. The van der Waals surface area contributed by atoms with Crippen LogP contribution in [0.5, 0.6) is 5.75 Å². The van der Waals surface area contributed by atoms with Gasteiger partial charge >= 0.3 is 0 Å². The summed E-state index contributed by atoms with van der Waals surface area (Å²) in [5.74, 6) is 1.59.